The van der Waals surface area contributed by atoms with Gasteiger partial charge in [-0.3, -0.25) is 14.7 Å². The van der Waals surface area contributed by atoms with Gasteiger partial charge in [-0.1, -0.05) is 35.9 Å². The second-order valence-corrected chi connectivity index (χ2v) is 6.61. The van der Waals surface area contributed by atoms with Crippen molar-refractivity contribution in [1.82, 2.24) is 15.2 Å². The summed E-state index contributed by atoms with van der Waals surface area (Å²) in [6.45, 7) is 2.84. The molecule has 1 N–H and O–H groups in total. The summed E-state index contributed by atoms with van der Waals surface area (Å²) in [6, 6.07) is 13.8. The fourth-order valence-electron chi connectivity index (χ4n) is 3.05. The third-order valence-electron chi connectivity index (χ3n) is 4.37. The van der Waals surface area contributed by atoms with Crippen molar-refractivity contribution in [3.05, 3.63) is 64.9 Å². The highest BCUT2D eigenvalue weighted by Gasteiger charge is 2.21. The maximum absolute atomic E-state index is 12.2. The van der Waals surface area contributed by atoms with Crippen molar-refractivity contribution in [3.8, 4) is 0 Å². The molecule has 1 aromatic heterocycles. The molecule has 0 spiro atoms. The molecule has 1 saturated heterocycles. The highest BCUT2D eigenvalue weighted by molar-refractivity contribution is 6.31. The number of piperidine rings is 1. The standard InChI is InChI=1S/C19H22ClN3O/c20-18-7-2-1-5-15(18)13-19(24)22-16-8-11-23(12-9-16)14-17-6-3-4-10-21-17/h1-7,10,16H,8-9,11-14H2,(H,22,24). The number of carbonyl (C=O) groups excluding carboxylic acids is 1. The van der Waals surface area contributed by atoms with Crippen LogP contribution in [-0.2, 0) is 17.8 Å². The number of benzene rings is 1. The minimum Gasteiger partial charge on any atom is -0.353 e. The van der Waals surface area contributed by atoms with Crippen molar-refractivity contribution in [3.63, 3.8) is 0 Å². The van der Waals surface area contributed by atoms with Crippen molar-refractivity contribution in [2.45, 2.75) is 31.8 Å². The van der Waals surface area contributed by atoms with Crippen LogP contribution in [0.1, 0.15) is 24.1 Å². The Morgan fingerprint density at radius 3 is 2.62 bits per heavy atom. The second kappa shape index (κ2) is 8.27. The summed E-state index contributed by atoms with van der Waals surface area (Å²) in [4.78, 5) is 19.0. The first-order valence-electron chi connectivity index (χ1n) is 8.36. The Morgan fingerprint density at radius 2 is 1.92 bits per heavy atom. The molecule has 5 heteroatoms. The molecule has 126 valence electrons. The van der Waals surface area contributed by atoms with E-state index in [1.807, 2.05) is 42.6 Å². The Kier molecular flexibility index (Phi) is 5.83. The molecule has 0 saturated carbocycles. The number of pyridine rings is 1. The molecule has 24 heavy (non-hydrogen) atoms. The fourth-order valence-corrected chi connectivity index (χ4v) is 3.25. The molecular weight excluding hydrogens is 322 g/mol. The van der Waals surface area contributed by atoms with Crippen molar-refractivity contribution < 1.29 is 4.79 Å². The molecule has 4 nitrogen and oxygen atoms in total. The van der Waals surface area contributed by atoms with Gasteiger partial charge in [0, 0.05) is 36.9 Å². The largest absolute Gasteiger partial charge is 0.353 e. The van der Waals surface area contributed by atoms with Gasteiger partial charge in [-0.2, -0.15) is 0 Å². The summed E-state index contributed by atoms with van der Waals surface area (Å²) < 4.78 is 0. The quantitative estimate of drug-likeness (QED) is 0.907. The van der Waals surface area contributed by atoms with Crippen LogP contribution in [0.2, 0.25) is 5.02 Å². The number of likely N-dealkylation sites (tertiary alicyclic amines) is 1. The normalized spacial score (nSPS) is 16.0. The van der Waals surface area contributed by atoms with E-state index in [-0.39, 0.29) is 11.9 Å². The third kappa shape index (κ3) is 4.79. The average molecular weight is 344 g/mol. The molecule has 2 heterocycles. The molecule has 0 unspecified atom stereocenters. The monoisotopic (exact) mass is 343 g/mol. The zero-order chi connectivity index (χ0) is 16.8. The van der Waals surface area contributed by atoms with E-state index in [1.54, 1.807) is 0 Å². The SMILES string of the molecule is O=C(Cc1ccccc1Cl)NC1CCN(Cc2ccccn2)CC1. The lowest BCUT2D eigenvalue weighted by molar-refractivity contribution is -0.121. The van der Waals surface area contributed by atoms with Crippen LogP contribution in [0.5, 0.6) is 0 Å². The lowest BCUT2D eigenvalue weighted by atomic mass is 10.0. The highest BCUT2D eigenvalue weighted by atomic mass is 35.5. The summed E-state index contributed by atoms with van der Waals surface area (Å²) in [7, 11) is 0. The number of aromatic nitrogens is 1. The summed E-state index contributed by atoms with van der Waals surface area (Å²) in [5.74, 6) is 0.0475. The van der Waals surface area contributed by atoms with Gasteiger partial charge in [0.2, 0.25) is 5.91 Å². The summed E-state index contributed by atoms with van der Waals surface area (Å²) >= 11 is 6.11. The van der Waals surface area contributed by atoms with Crippen LogP contribution >= 0.6 is 11.6 Å². The number of nitrogens with one attached hydrogen (secondary N) is 1. The predicted octanol–water partition coefficient (Wildman–Crippen LogP) is 3.06. The highest BCUT2D eigenvalue weighted by Crippen LogP contribution is 2.16. The van der Waals surface area contributed by atoms with Crippen molar-refractivity contribution in [2.75, 3.05) is 13.1 Å². The number of halogens is 1. The van der Waals surface area contributed by atoms with Crippen molar-refractivity contribution in [2.24, 2.45) is 0 Å². The van der Waals surface area contributed by atoms with E-state index >= 15 is 0 Å². The van der Waals surface area contributed by atoms with E-state index in [0.717, 1.165) is 43.7 Å². The minimum atomic E-state index is 0.0475. The van der Waals surface area contributed by atoms with E-state index < -0.39 is 0 Å². The molecule has 2 aromatic rings. The first kappa shape index (κ1) is 16.9. The average Bonchev–Trinajstić information content (AvgIpc) is 2.60. The first-order chi connectivity index (χ1) is 11.7. The van der Waals surface area contributed by atoms with E-state index in [2.05, 4.69) is 21.3 Å². The summed E-state index contributed by atoms with van der Waals surface area (Å²) in [5.41, 5.74) is 1.97. The predicted molar refractivity (Wildman–Crippen MR) is 95.8 cm³/mol. The van der Waals surface area contributed by atoms with Crippen LogP contribution in [-0.4, -0.2) is 34.9 Å². The van der Waals surface area contributed by atoms with Crippen LogP contribution < -0.4 is 5.32 Å². The number of hydrogen-bond acceptors (Lipinski definition) is 3. The molecule has 0 radical (unpaired) electrons. The van der Waals surface area contributed by atoms with Gasteiger partial charge in [0.1, 0.15) is 0 Å². The van der Waals surface area contributed by atoms with Crippen LogP contribution in [0.25, 0.3) is 0 Å². The molecule has 1 aromatic carbocycles. The number of nitrogens with zero attached hydrogens (tertiary/aromatic N) is 2. The Bertz CT molecular complexity index is 669. The minimum absolute atomic E-state index is 0.0475. The van der Waals surface area contributed by atoms with Gasteiger partial charge in [0.25, 0.3) is 0 Å². The van der Waals surface area contributed by atoms with Crippen LogP contribution in [0.15, 0.2) is 48.7 Å². The Labute approximate surface area is 147 Å². The van der Waals surface area contributed by atoms with Crippen molar-refractivity contribution in [1.29, 1.82) is 0 Å². The molecule has 1 amide bonds. The second-order valence-electron chi connectivity index (χ2n) is 6.21. The number of amides is 1. The Balaban J connectivity index is 1.43. The maximum Gasteiger partial charge on any atom is 0.224 e. The van der Waals surface area contributed by atoms with Crippen LogP contribution in [0.3, 0.4) is 0 Å². The first-order valence-corrected chi connectivity index (χ1v) is 8.73. The molecule has 1 aliphatic rings. The number of carbonyl (C=O) groups is 1. The molecule has 0 atom stereocenters. The van der Waals surface area contributed by atoms with Gasteiger partial charge >= 0.3 is 0 Å². The summed E-state index contributed by atoms with van der Waals surface area (Å²) in [5, 5.41) is 3.79. The van der Waals surface area contributed by atoms with E-state index in [0.29, 0.717) is 11.4 Å². The molecule has 0 bridgehead atoms. The lowest BCUT2D eigenvalue weighted by Crippen LogP contribution is -2.44. The molecule has 3 rings (SSSR count). The number of hydrogen-bond donors (Lipinski definition) is 1. The van der Waals surface area contributed by atoms with Crippen LogP contribution in [0, 0.1) is 0 Å². The van der Waals surface area contributed by atoms with Crippen molar-refractivity contribution >= 4 is 17.5 Å². The third-order valence-corrected chi connectivity index (χ3v) is 4.74. The van der Waals surface area contributed by atoms with Gasteiger partial charge in [-0.15, -0.1) is 0 Å². The molecule has 1 fully saturated rings. The Morgan fingerprint density at radius 1 is 1.17 bits per heavy atom. The smallest absolute Gasteiger partial charge is 0.224 e. The molecule has 1 aliphatic heterocycles. The van der Waals surface area contributed by atoms with Crippen LogP contribution in [0.4, 0.5) is 0 Å². The molecule has 0 aliphatic carbocycles. The van der Waals surface area contributed by atoms with Gasteiger partial charge in [-0.25, -0.2) is 0 Å². The number of rotatable bonds is 5. The molecular formula is C19H22ClN3O. The topological polar surface area (TPSA) is 45.2 Å². The maximum atomic E-state index is 12.2. The van der Waals surface area contributed by atoms with Gasteiger partial charge in [-0.05, 0) is 36.6 Å². The van der Waals surface area contributed by atoms with Gasteiger partial charge < -0.3 is 5.32 Å². The van der Waals surface area contributed by atoms with E-state index in [1.165, 1.54) is 0 Å². The van der Waals surface area contributed by atoms with Gasteiger partial charge in [0.05, 0.1) is 12.1 Å². The van der Waals surface area contributed by atoms with Gasteiger partial charge in [0.15, 0.2) is 0 Å². The zero-order valence-corrected chi connectivity index (χ0v) is 14.4. The lowest BCUT2D eigenvalue weighted by Gasteiger charge is -2.32. The Hall–Kier alpha value is -1.91. The van der Waals surface area contributed by atoms with E-state index in [4.69, 9.17) is 11.6 Å². The summed E-state index contributed by atoms with van der Waals surface area (Å²) in [6.07, 6.45) is 4.12. The zero-order valence-electron chi connectivity index (χ0n) is 13.6. The van der Waals surface area contributed by atoms with E-state index in [9.17, 15) is 4.79 Å². The fraction of sp³-hybridized carbons (Fsp3) is 0.368.